The van der Waals surface area contributed by atoms with Crippen LogP contribution in [0.2, 0.25) is 0 Å². The summed E-state index contributed by atoms with van der Waals surface area (Å²) in [5, 5.41) is 3.33. The number of hydrogen-bond acceptors (Lipinski definition) is 3. The van der Waals surface area contributed by atoms with Crippen LogP contribution in [0, 0.1) is 0 Å². The van der Waals surface area contributed by atoms with E-state index >= 15 is 0 Å². The van der Waals surface area contributed by atoms with Gasteiger partial charge in [-0.15, -0.1) is 0 Å². The van der Waals surface area contributed by atoms with Gasteiger partial charge >= 0.3 is 0 Å². The van der Waals surface area contributed by atoms with Gasteiger partial charge in [0.1, 0.15) is 5.60 Å². The number of aromatic nitrogens is 1. The molecular weight excluding hydrogens is 256 g/mol. The Kier molecular flexibility index (Phi) is 3.26. The van der Waals surface area contributed by atoms with Gasteiger partial charge in [-0.1, -0.05) is 0 Å². The highest BCUT2D eigenvalue weighted by molar-refractivity contribution is 9.10. The molecule has 1 fully saturated rings. The Balaban J connectivity index is 2.10. The number of hydrogen-bond donors (Lipinski definition) is 1. The molecule has 0 unspecified atom stereocenters. The number of piperidine rings is 1. The van der Waals surface area contributed by atoms with E-state index < -0.39 is 0 Å². The van der Waals surface area contributed by atoms with E-state index in [1.54, 1.807) is 6.20 Å². The molecule has 2 heterocycles. The Hall–Kier alpha value is -0.610. The first-order valence-corrected chi connectivity index (χ1v) is 5.99. The fraction of sp³-hybridized carbons (Fsp3) is 0.545. The molecule has 2 rings (SSSR count). The van der Waals surface area contributed by atoms with Gasteiger partial charge in [0.05, 0.1) is 4.47 Å². The zero-order chi connectivity index (χ0) is 10.7. The molecule has 0 bridgehead atoms. The summed E-state index contributed by atoms with van der Waals surface area (Å²) in [7, 11) is 0. The van der Waals surface area contributed by atoms with Crippen LogP contribution in [0.25, 0.3) is 0 Å². The Morgan fingerprint density at radius 1 is 1.47 bits per heavy atom. The van der Waals surface area contributed by atoms with Crippen LogP contribution in [-0.2, 0) is 0 Å². The van der Waals surface area contributed by atoms with Crippen LogP contribution >= 0.6 is 15.9 Å². The summed E-state index contributed by atoms with van der Waals surface area (Å²) >= 11 is 3.44. The van der Waals surface area contributed by atoms with Crippen LogP contribution in [0.1, 0.15) is 19.8 Å². The van der Waals surface area contributed by atoms with Crippen LogP contribution in [0.3, 0.4) is 0 Å². The first-order chi connectivity index (χ1) is 7.20. The van der Waals surface area contributed by atoms with Crippen LogP contribution in [0.5, 0.6) is 5.88 Å². The van der Waals surface area contributed by atoms with Crippen molar-refractivity contribution in [1.82, 2.24) is 10.3 Å². The third-order valence-electron chi connectivity index (χ3n) is 2.73. The molecule has 0 amide bonds. The molecule has 0 radical (unpaired) electrons. The van der Waals surface area contributed by atoms with Crippen molar-refractivity contribution in [2.75, 3.05) is 13.1 Å². The quantitative estimate of drug-likeness (QED) is 0.896. The molecule has 1 aromatic rings. The van der Waals surface area contributed by atoms with E-state index in [1.165, 1.54) is 0 Å². The van der Waals surface area contributed by atoms with E-state index in [0.29, 0.717) is 5.88 Å². The minimum Gasteiger partial charge on any atom is -0.470 e. The summed E-state index contributed by atoms with van der Waals surface area (Å²) in [6, 6.07) is 3.84. The lowest BCUT2D eigenvalue weighted by atomic mass is 9.95. The Bertz CT molecular complexity index is 337. The number of pyridine rings is 1. The van der Waals surface area contributed by atoms with Crippen molar-refractivity contribution in [2.45, 2.75) is 25.4 Å². The molecule has 0 atom stereocenters. The number of rotatable bonds is 2. The lowest BCUT2D eigenvalue weighted by Crippen LogP contribution is -2.44. The third-order valence-corrected chi connectivity index (χ3v) is 3.33. The van der Waals surface area contributed by atoms with Gasteiger partial charge in [-0.05, 0) is 60.9 Å². The maximum absolute atomic E-state index is 5.98. The van der Waals surface area contributed by atoms with Gasteiger partial charge in [0.15, 0.2) is 0 Å². The van der Waals surface area contributed by atoms with Crippen molar-refractivity contribution in [2.24, 2.45) is 0 Å². The average Bonchev–Trinajstić information content (AvgIpc) is 2.22. The van der Waals surface area contributed by atoms with Crippen molar-refractivity contribution in [3.05, 3.63) is 22.8 Å². The minimum absolute atomic E-state index is 0.0812. The Morgan fingerprint density at radius 2 is 2.20 bits per heavy atom. The lowest BCUT2D eigenvalue weighted by molar-refractivity contribution is 0.0500. The Labute approximate surface area is 98.4 Å². The fourth-order valence-electron chi connectivity index (χ4n) is 1.74. The molecule has 15 heavy (non-hydrogen) atoms. The van der Waals surface area contributed by atoms with E-state index in [-0.39, 0.29) is 5.60 Å². The average molecular weight is 271 g/mol. The van der Waals surface area contributed by atoms with Gasteiger partial charge in [0.2, 0.25) is 5.88 Å². The summed E-state index contributed by atoms with van der Waals surface area (Å²) in [6.07, 6.45) is 3.80. The SMILES string of the molecule is CC1(Oc2ncccc2Br)CCNCC1. The van der Waals surface area contributed by atoms with Crippen molar-refractivity contribution in [3.8, 4) is 5.88 Å². The summed E-state index contributed by atoms with van der Waals surface area (Å²) in [6.45, 7) is 4.18. The monoisotopic (exact) mass is 270 g/mol. The smallest absolute Gasteiger partial charge is 0.228 e. The first-order valence-electron chi connectivity index (χ1n) is 5.20. The van der Waals surface area contributed by atoms with Gasteiger partial charge < -0.3 is 10.1 Å². The summed E-state index contributed by atoms with van der Waals surface area (Å²) in [5.74, 6) is 0.696. The maximum atomic E-state index is 5.98. The lowest BCUT2D eigenvalue weighted by Gasteiger charge is -2.34. The van der Waals surface area contributed by atoms with Crippen molar-refractivity contribution >= 4 is 15.9 Å². The first kappa shape index (κ1) is 10.9. The van der Waals surface area contributed by atoms with Crippen molar-refractivity contribution < 1.29 is 4.74 Å². The van der Waals surface area contributed by atoms with Crippen LogP contribution in [0.4, 0.5) is 0 Å². The second-order valence-electron chi connectivity index (χ2n) is 4.09. The third kappa shape index (κ3) is 2.69. The van der Waals surface area contributed by atoms with E-state index in [0.717, 1.165) is 30.4 Å². The predicted octanol–water partition coefficient (Wildman–Crippen LogP) is 2.37. The molecule has 1 aromatic heterocycles. The molecular formula is C11H15BrN2O. The predicted molar refractivity (Wildman–Crippen MR) is 63.1 cm³/mol. The van der Waals surface area contributed by atoms with E-state index in [4.69, 9.17) is 4.74 Å². The standard InChI is InChI=1S/C11H15BrN2O/c1-11(4-7-13-8-5-11)15-10-9(12)3-2-6-14-10/h2-3,6,13H,4-5,7-8H2,1H3. The molecule has 0 spiro atoms. The molecule has 4 heteroatoms. The highest BCUT2D eigenvalue weighted by Crippen LogP contribution is 2.29. The van der Waals surface area contributed by atoms with Crippen molar-refractivity contribution in [1.29, 1.82) is 0 Å². The van der Waals surface area contributed by atoms with E-state index in [1.807, 2.05) is 12.1 Å². The number of halogens is 1. The zero-order valence-corrected chi connectivity index (χ0v) is 10.4. The van der Waals surface area contributed by atoms with Gasteiger partial charge in [0, 0.05) is 6.20 Å². The number of nitrogens with zero attached hydrogens (tertiary/aromatic N) is 1. The van der Waals surface area contributed by atoms with Crippen LogP contribution in [-0.4, -0.2) is 23.7 Å². The molecule has 1 saturated heterocycles. The molecule has 1 aliphatic heterocycles. The largest absolute Gasteiger partial charge is 0.470 e. The maximum Gasteiger partial charge on any atom is 0.228 e. The van der Waals surface area contributed by atoms with Gasteiger partial charge in [-0.2, -0.15) is 0 Å². The molecule has 1 aliphatic rings. The van der Waals surface area contributed by atoms with Crippen molar-refractivity contribution in [3.63, 3.8) is 0 Å². The number of ether oxygens (including phenoxy) is 1. The molecule has 0 saturated carbocycles. The molecule has 1 N–H and O–H groups in total. The fourth-order valence-corrected chi connectivity index (χ4v) is 2.07. The van der Waals surface area contributed by atoms with Gasteiger partial charge in [-0.25, -0.2) is 4.98 Å². The molecule has 0 aromatic carbocycles. The van der Waals surface area contributed by atoms with Crippen LogP contribution < -0.4 is 10.1 Å². The van der Waals surface area contributed by atoms with Gasteiger partial charge in [-0.3, -0.25) is 0 Å². The topological polar surface area (TPSA) is 34.1 Å². The summed E-state index contributed by atoms with van der Waals surface area (Å²) in [4.78, 5) is 4.23. The second-order valence-corrected chi connectivity index (χ2v) is 4.95. The van der Waals surface area contributed by atoms with Crippen LogP contribution in [0.15, 0.2) is 22.8 Å². The number of nitrogens with one attached hydrogen (secondary N) is 1. The molecule has 3 nitrogen and oxygen atoms in total. The Morgan fingerprint density at radius 3 is 2.87 bits per heavy atom. The zero-order valence-electron chi connectivity index (χ0n) is 8.79. The highest BCUT2D eigenvalue weighted by Gasteiger charge is 2.29. The minimum atomic E-state index is -0.0812. The molecule has 82 valence electrons. The summed E-state index contributed by atoms with van der Waals surface area (Å²) < 4.78 is 6.90. The highest BCUT2D eigenvalue weighted by atomic mass is 79.9. The van der Waals surface area contributed by atoms with Gasteiger partial charge in [0.25, 0.3) is 0 Å². The second kappa shape index (κ2) is 4.49. The molecule has 0 aliphatic carbocycles. The summed E-state index contributed by atoms with van der Waals surface area (Å²) in [5.41, 5.74) is -0.0812. The van der Waals surface area contributed by atoms with E-state index in [2.05, 4.69) is 33.2 Å². The van der Waals surface area contributed by atoms with E-state index in [9.17, 15) is 0 Å². The normalized spacial score (nSPS) is 19.9.